The lowest BCUT2D eigenvalue weighted by Crippen LogP contribution is -2.32. The monoisotopic (exact) mass is 294 g/mol. The van der Waals surface area contributed by atoms with Crippen molar-refractivity contribution in [3.8, 4) is 0 Å². The minimum absolute atomic E-state index is 0.132. The number of carbonyl (C=O) groups excluding carboxylic acids is 2. The highest BCUT2D eigenvalue weighted by molar-refractivity contribution is 6.07. The fourth-order valence-corrected chi connectivity index (χ4v) is 1.86. The van der Waals surface area contributed by atoms with Gasteiger partial charge < -0.3 is 10.4 Å². The zero-order valence-corrected chi connectivity index (χ0v) is 10.8. The van der Waals surface area contributed by atoms with Crippen LogP contribution in [-0.4, -0.2) is 50.8 Å². The third-order valence-electron chi connectivity index (χ3n) is 3.01. The van der Waals surface area contributed by atoms with Crippen LogP contribution in [0.25, 0.3) is 0 Å². The van der Waals surface area contributed by atoms with Gasteiger partial charge in [-0.2, -0.15) is 0 Å². The first-order valence-corrected chi connectivity index (χ1v) is 5.76. The predicted octanol–water partition coefficient (Wildman–Crippen LogP) is -0.143. The Morgan fingerprint density at radius 3 is 2.71 bits per heavy atom. The Labute approximate surface area is 117 Å². The number of nitrogens with zero attached hydrogens (tertiary/aromatic N) is 3. The largest absolute Gasteiger partial charge is 0.478 e. The molecule has 0 radical (unpaired) electrons. The number of aromatic carboxylic acids is 1. The molecule has 1 aromatic rings. The van der Waals surface area contributed by atoms with Crippen LogP contribution in [0.3, 0.4) is 0 Å². The van der Waals surface area contributed by atoms with Crippen molar-refractivity contribution >= 4 is 29.3 Å². The van der Waals surface area contributed by atoms with Crippen molar-refractivity contribution < 1.29 is 24.4 Å². The van der Waals surface area contributed by atoms with E-state index in [0.717, 1.165) is 17.2 Å². The first-order valence-electron chi connectivity index (χ1n) is 5.76. The molecule has 21 heavy (non-hydrogen) atoms. The summed E-state index contributed by atoms with van der Waals surface area (Å²) >= 11 is 0. The smallest absolute Gasteiger partial charge is 0.339 e. The molecule has 2 N–H and O–H groups in total. The van der Waals surface area contributed by atoms with Gasteiger partial charge in [-0.25, -0.2) is 9.78 Å². The van der Waals surface area contributed by atoms with Gasteiger partial charge in [0.2, 0.25) is 5.91 Å². The number of anilines is 1. The minimum atomic E-state index is -1.43. The molecular weight excluding hydrogens is 284 g/mol. The molecule has 1 aliphatic rings. The summed E-state index contributed by atoms with van der Waals surface area (Å²) in [6.45, 7) is 0. The van der Waals surface area contributed by atoms with E-state index >= 15 is 0 Å². The lowest BCUT2D eigenvalue weighted by Gasteiger charge is -2.13. The number of likely N-dealkylation sites (tertiary alicyclic amines) is 1. The van der Waals surface area contributed by atoms with Gasteiger partial charge in [0.25, 0.3) is 11.6 Å². The Kier molecular flexibility index (Phi) is 3.52. The summed E-state index contributed by atoms with van der Waals surface area (Å²) in [5.41, 5.74) is -0.928. The standard InChI is InChI=1S/C11H10N4O6/c1-14-8(16)3-7(10(14)17)13-9-6(11(18)19)2-5(4-12-9)15(20)21/h2,4,7H,3H2,1H3,(H,12,13)(H,18,19). The van der Waals surface area contributed by atoms with Gasteiger partial charge in [0, 0.05) is 13.1 Å². The van der Waals surface area contributed by atoms with E-state index in [1.165, 1.54) is 7.05 Å². The molecule has 0 aromatic carbocycles. The number of amides is 2. The Morgan fingerprint density at radius 2 is 2.24 bits per heavy atom. The van der Waals surface area contributed by atoms with Gasteiger partial charge in [0.05, 0.1) is 11.3 Å². The van der Waals surface area contributed by atoms with Crippen molar-refractivity contribution in [1.82, 2.24) is 9.88 Å². The van der Waals surface area contributed by atoms with Gasteiger partial charge in [-0.3, -0.25) is 24.6 Å². The number of imide groups is 1. The van der Waals surface area contributed by atoms with Crippen LogP contribution >= 0.6 is 0 Å². The molecule has 0 bridgehead atoms. The number of aromatic nitrogens is 1. The van der Waals surface area contributed by atoms with Crippen molar-refractivity contribution in [3.05, 3.63) is 27.9 Å². The number of carboxylic acid groups (broad SMARTS) is 1. The highest BCUT2D eigenvalue weighted by atomic mass is 16.6. The summed E-state index contributed by atoms with van der Waals surface area (Å²) in [5, 5.41) is 22.2. The van der Waals surface area contributed by atoms with Gasteiger partial charge in [-0.05, 0) is 0 Å². The molecular formula is C11H10N4O6. The van der Waals surface area contributed by atoms with Crippen LogP contribution in [0, 0.1) is 10.1 Å². The van der Waals surface area contributed by atoms with Gasteiger partial charge >= 0.3 is 5.97 Å². The summed E-state index contributed by atoms with van der Waals surface area (Å²) in [6.07, 6.45) is 0.743. The number of carboxylic acids is 1. The van der Waals surface area contributed by atoms with E-state index in [4.69, 9.17) is 5.11 Å². The first-order chi connectivity index (χ1) is 9.81. The summed E-state index contributed by atoms with van der Waals surface area (Å²) in [6, 6.07) is -0.0997. The Balaban J connectivity index is 2.32. The first kappa shape index (κ1) is 14.4. The number of hydrogen-bond acceptors (Lipinski definition) is 7. The highest BCUT2D eigenvalue weighted by Crippen LogP contribution is 2.22. The van der Waals surface area contributed by atoms with E-state index in [2.05, 4.69) is 10.3 Å². The molecule has 10 nitrogen and oxygen atoms in total. The third-order valence-corrected chi connectivity index (χ3v) is 3.01. The van der Waals surface area contributed by atoms with E-state index in [9.17, 15) is 24.5 Å². The van der Waals surface area contributed by atoms with Crippen molar-refractivity contribution in [1.29, 1.82) is 0 Å². The molecule has 0 aliphatic carbocycles. The van der Waals surface area contributed by atoms with E-state index < -0.39 is 40.0 Å². The number of nitro groups is 1. The minimum Gasteiger partial charge on any atom is -0.478 e. The SMILES string of the molecule is CN1C(=O)CC(Nc2ncc([N+](=O)[O-])cc2C(=O)O)C1=O. The topological polar surface area (TPSA) is 143 Å². The normalized spacial score (nSPS) is 18.0. The summed E-state index contributed by atoms with van der Waals surface area (Å²) in [4.78, 5) is 48.7. The van der Waals surface area contributed by atoms with Gasteiger partial charge in [-0.15, -0.1) is 0 Å². The van der Waals surface area contributed by atoms with Crippen molar-refractivity contribution in [2.75, 3.05) is 12.4 Å². The zero-order chi connectivity index (χ0) is 15.7. The number of rotatable bonds is 4. The van der Waals surface area contributed by atoms with Crippen LogP contribution in [-0.2, 0) is 9.59 Å². The Hall–Kier alpha value is -3.04. The Bertz CT molecular complexity index is 658. The number of pyridine rings is 1. The molecule has 1 unspecified atom stereocenters. The van der Waals surface area contributed by atoms with Crippen LogP contribution in [0.4, 0.5) is 11.5 Å². The fraction of sp³-hybridized carbons (Fsp3) is 0.273. The number of likely N-dealkylation sites (N-methyl/N-ethyl adjacent to an activating group) is 1. The van der Waals surface area contributed by atoms with Gasteiger partial charge in [0.15, 0.2) is 0 Å². The zero-order valence-electron chi connectivity index (χ0n) is 10.8. The molecule has 1 aliphatic heterocycles. The summed E-state index contributed by atoms with van der Waals surface area (Å²) in [7, 11) is 1.31. The molecule has 2 heterocycles. The van der Waals surface area contributed by atoms with E-state index in [0.29, 0.717) is 0 Å². The lowest BCUT2D eigenvalue weighted by molar-refractivity contribution is -0.385. The quantitative estimate of drug-likeness (QED) is 0.443. The second-order valence-corrected chi connectivity index (χ2v) is 4.34. The van der Waals surface area contributed by atoms with Crippen LogP contribution in [0.15, 0.2) is 12.3 Å². The number of carbonyl (C=O) groups is 3. The summed E-state index contributed by atoms with van der Waals surface area (Å²) in [5.74, 6) is -2.55. The van der Waals surface area contributed by atoms with E-state index in [-0.39, 0.29) is 12.2 Å². The fourth-order valence-electron chi connectivity index (χ4n) is 1.86. The molecule has 10 heteroatoms. The van der Waals surface area contributed by atoms with Gasteiger partial charge in [-0.1, -0.05) is 0 Å². The molecule has 1 saturated heterocycles. The third kappa shape index (κ3) is 2.63. The van der Waals surface area contributed by atoms with Crippen molar-refractivity contribution in [2.45, 2.75) is 12.5 Å². The van der Waals surface area contributed by atoms with Crippen LogP contribution in [0.2, 0.25) is 0 Å². The molecule has 1 fully saturated rings. The van der Waals surface area contributed by atoms with E-state index in [1.807, 2.05) is 0 Å². The lowest BCUT2D eigenvalue weighted by atomic mass is 10.2. The van der Waals surface area contributed by atoms with E-state index in [1.54, 1.807) is 0 Å². The second-order valence-electron chi connectivity index (χ2n) is 4.34. The van der Waals surface area contributed by atoms with Crippen molar-refractivity contribution in [3.63, 3.8) is 0 Å². The highest BCUT2D eigenvalue weighted by Gasteiger charge is 2.37. The van der Waals surface area contributed by atoms with Gasteiger partial charge in [0.1, 0.15) is 23.6 Å². The molecule has 1 aromatic heterocycles. The maximum Gasteiger partial charge on any atom is 0.339 e. The molecule has 0 spiro atoms. The number of hydrogen-bond donors (Lipinski definition) is 2. The average molecular weight is 294 g/mol. The molecule has 110 valence electrons. The van der Waals surface area contributed by atoms with Crippen molar-refractivity contribution in [2.24, 2.45) is 0 Å². The van der Waals surface area contributed by atoms with Crippen LogP contribution < -0.4 is 5.32 Å². The maximum absolute atomic E-state index is 11.7. The molecule has 2 rings (SSSR count). The second kappa shape index (κ2) is 5.15. The summed E-state index contributed by atoms with van der Waals surface area (Å²) < 4.78 is 0. The molecule has 1 atom stereocenters. The average Bonchev–Trinajstić information content (AvgIpc) is 2.66. The molecule has 0 saturated carbocycles. The Morgan fingerprint density at radius 1 is 1.57 bits per heavy atom. The maximum atomic E-state index is 11.7. The van der Waals surface area contributed by atoms with Crippen LogP contribution in [0.5, 0.6) is 0 Å². The van der Waals surface area contributed by atoms with Crippen LogP contribution in [0.1, 0.15) is 16.8 Å². The number of nitrogens with one attached hydrogen (secondary N) is 1. The predicted molar refractivity (Wildman–Crippen MR) is 67.7 cm³/mol. The molecule has 2 amide bonds.